The second-order valence-corrected chi connectivity index (χ2v) is 4.27. The molecule has 0 nitrogen and oxygen atoms in total. The lowest BCUT2D eigenvalue weighted by molar-refractivity contribution is 0.549. The van der Waals surface area contributed by atoms with Crippen LogP contribution in [0, 0.1) is 11.2 Å². The van der Waals surface area contributed by atoms with Gasteiger partial charge < -0.3 is 0 Å². The van der Waals surface area contributed by atoms with E-state index in [0.717, 1.165) is 6.42 Å². The Balaban J connectivity index is 2.07. The van der Waals surface area contributed by atoms with E-state index < -0.39 is 0 Å². The highest BCUT2D eigenvalue weighted by Crippen LogP contribution is 2.55. The van der Waals surface area contributed by atoms with Gasteiger partial charge in [-0.25, -0.2) is 4.39 Å². The number of hydrogen-bond acceptors (Lipinski definition) is 0. The zero-order chi connectivity index (χ0) is 8.18. The van der Waals surface area contributed by atoms with Gasteiger partial charge in [-0.2, -0.15) is 0 Å². The summed E-state index contributed by atoms with van der Waals surface area (Å²) < 4.78 is 12.8. The van der Waals surface area contributed by atoms with Gasteiger partial charge in [-0.15, -0.1) is 0 Å². The van der Waals surface area contributed by atoms with Crippen LogP contribution in [-0.2, 0) is 12.8 Å². The Morgan fingerprint density at radius 3 is 2.58 bits per heavy atom. The van der Waals surface area contributed by atoms with Gasteiger partial charge in [-0.3, -0.25) is 0 Å². The van der Waals surface area contributed by atoms with Crippen LogP contribution in [0.25, 0.3) is 0 Å². The molecule has 62 valence electrons. The van der Waals surface area contributed by atoms with Crippen LogP contribution < -0.4 is 0 Å². The highest BCUT2D eigenvalue weighted by atomic mass is 19.1. The van der Waals surface area contributed by atoms with Crippen LogP contribution >= 0.6 is 0 Å². The molecule has 1 heteroatoms. The highest BCUT2D eigenvalue weighted by molar-refractivity contribution is 5.36. The molecule has 0 radical (unpaired) electrons. The van der Waals surface area contributed by atoms with Gasteiger partial charge >= 0.3 is 0 Å². The smallest absolute Gasteiger partial charge is 0.123 e. The Hall–Kier alpha value is -0.850. The van der Waals surface area contributed by atoms with E-state index >= 15 is 0 Å². The minimum absolute atomic E-state index is 0.0774. The molecule has 2 aliphatic rings. The monoisotopic (exact) mass is 162 g/mol. The molecule has 1 aromatic rings. The number of benzene rings is 1. The first-order valence-electron chi connectivity index (χ1n) is 4.55. The standard InChI is InChI=1S/C11H11F/c12-10-2-1-8-6-11(3-4-11)7-9(8)5-10/h1-2,5H,3-4,6-7H2. The van der Waals surface area contributed by atoms with E-state index in [1.54, 1.807) is 12.1 Å². The van der Waals surface area contributed by atoms with Crippen molar-refractivity contribution in [2.75, 3.05) is 0 Å². The van der Waals surface area contributed by atoms with Crippen molar-refractivity contribution in [3.8, 4) is 0 Å². The van der Waals surface area contributed by atoms with E-state index in [1.165, 1.54) is 30.4 Å². The third-order valence-corrected chi connectivity index (χ3v) is 3.26. The SMILES string of the molecule is Fc1ccc2c(c1)CC1(CC1)C2. The number of fused-ring (bicyclic) bond motifs is 1. The molecular formula is C11H11F. The third-order valence-electron chi connectivity index (χ3n) is 3.26. The van der Waals surface area contributed by atoms with E-state index in [1.807, 2.05) is 6.07 Å². The van der Waals surface area contributed by atoms with Crippen LogP contribution in [0.2, 0.25) is 0 Å². The zero-order valence-electron chi connectivity index (χ0n) is 6.94. The average molecular weight is 162 g/mol. The molecule has 1 aromatic carbocycles. The third kappa shape index (κ3) is 0.825. The Morgan fingerprint density at radius 1 is 1.08 bits per heavy atom. The minimum atomic E-state index is -0.0774. The molecule has 2 aliphatic carbocycles. The first-order chi connectivity index (χ1) is 5.77. The summed E-state index contributed by atoms with van der Waals surface area (Å²) in [5.74, 6) is -0.0774. The molecule has 0 bridgehead atoms. The quantitative estimate of drug-likeness (QED) is 0.550. The second-order valence-electron chi connectivity index (χ2n) is 4.27. The van der Waals surface area contributed by atoms with Crippen LogP contribution in [0.3, 0.4) is 0 Å². The summed E-state index contributed by atoms with van der Waals surface area (Å²) in [6.45, 7) is 0. The molecule has 1 saturated carbocycles. The largest absolute Gasteiger partial charge is 0.207 e. The highest BCUT2D eigenvalue weighted by Gasteiger charge is 2.46. The zero-order valence-corrected chi connectivity index (χ0v) is 6.94. The molecule has 0 atom stereocenters. The number of hydrogen-bond donors (Lipinski definition) is 0. The summed E-state index contributed by atoms with van der Waals surface area (Å²) in [6, 6.07) is 5.25. The molecular weight excluding hydrogens is 151 g/mol. The fourth-order valence-corrected chi connectivity index (χ4v) is 2.33. The molecule has 1 fully saturated rings. The fourth-order valence-electron chi connectivity index (χ4n) is 2.33. The maximum Gasteiger partial charge on any atom is 0.123 e. The van der Waals surface area contributed by atoms with Crippen LogP contribution in [0.1, 0.15) is 24.0 Å². The minimum Gasteiger partial charge on any atom is -0.207 e. The lowest BCUT2D eigenvalue weighted by Gasteiger charge is -1.99. The van der Waals surface area contributed by atoms with Crippen molar-refractivity contribution in [3.63, 3.8) is 0 Å². The van der Waals surface area contributed by atoms with Gasteiger partial charge in [-0.1, -0.05) is 6.07 Å². The maximum atomic E-state index is 12.8. The van der Waals surface area contributed by atoms with Crippen LogP contribution in [0.15, 0.2) is 18.2 Å². The molecule has 0 saturated heterocycles. The van der Waals surface area contributed by atoms with Crippen molar-refractivity contribution >= 4 is 0 Å². The number of halogens is 1. The van der Waals surface area contributed by atoms with Crippen LogP contribution in [0.5, 0.6) is 0 Å². The van der Waals surface area contributed by atoms with Crippen molar-refractivity contribution in [2.45, 2.75) is 25.7 Å². The second kappa shape index (κ2) is 1.90. The summed E-state index contributed by atoms with van der Waals surface area (Å²) >= 11 is 0. The van der Waals surface area contributed by atoms with Crippen molar-refractivity contribution in [1.29, 1.82) is 0 Å². The lowest BCUT2D eigenvalue weighted by Crippen LogP contribution is -1.96. The Bertz CT molecular complexity index is 337. The fraction of sp³-hybridized carbons (Fsp3) is 0.455. The van der Waals surface area contributed by atoms with E-state index in [9.17, 15) is 4.39 Å². The van der Waals surface area contributed by atoms with Gasteiger partial charge in [0.1, 0.15) is 5.82 Å². The Kier molecular flexibility index (Phi) is 1.05. The van der Waals surface area contributed by atoms with Crippen LogP contribution in [0.4, 0.5) is 4.39 Å². The van der Waals surface area contributed by atoms with Crippen molar-refractivity contribution in [1.82, 2.24) is 0 Å². The van der Waals surface area contributed by atoms with Gasteiger partial charge in [0.15, 0.2) is 0 Å². The number of rotatable bonds is 0. The summed E-state index contributed by atoms with van der Waals surface area (Å²) in [5.41, 5.74) is 3.22. The first kappa shape index (κ1) is 6.64. The topological polar surface area (TPSA) is 0 Å². The lowest BCUT2D eigenvalue weighted by atomic mass is 10.0. The first-order valence-corrected chi connectivity index (χ1v) is 4.55. The van der Waals surface area contributed by atoms with Gasteiger partial charge in [0.25, 0.3) is 0 Å². The summed E-state index contributed by atoms with van der Waals surface area (Å²) in [4.78, 5) is 0. The van der Waals surface area contributed by atoms with Crippen molar-refractivity contribution in [2.24, 2.45) is 5.41 Å². The Labute approximate surface area is 71.4 Å². The molecule has 0 aromatic heterocycles. The normalized spacial score (nSPS) is 22.8. The van der Waals surface area contributed by atoms with Crippen LogP contribution in [-0.4, -0.2) is 0 Å². The molecule has 3 rings (SSSR count). The average Bonchev–Trinajstić information content (AvgIpc) is 2.63. The van der Waals surface area contributed by atoms with E-state index in [0.29, 0.717) is 5.41 Å². The summed E-state index contributed by atoms with van der Waals surface area (Å²) in [6.07, 6.45) is 5.02. The molecule has 1 spiro atoms. The van der Waals surface area contributed by atoms with Gasteiger partial charge in [-0.05, 0) is 54.4 Å². The summed E-state index contributed by atoms with van der Waals surface area (Å²) in [5, 5.41) is 0. The van der Waals surface area contributed by atoms with Crippen molar-refractivity contribution in [3.05, 3.63) is 35.1 Å². The van der Waals surface area contributed by atoms with E-state index in [2.05, 4.69) is 0 Å². The molecule has 0 amide bonds. The predicted molar refractivity (Wildman–Crippen MR) is 45.5 cm³/mol. The van der Waals surface area contributed by atoms with Gasteiger partial charge in [0.2, 0.25) is 0 Å². The predicted octanol–water partition coefficient (Wildman–Crippen LogP) is 2.70. The van der Waals surface area contributed by atoms with Crippen molar-refractivity contribution < 1.29 is 4.39 Å². The Morgan fingerprint density at radius 2 is 1.83 bits per heavy atom. The molecule has 0 N–H and O–H groups in total. The van der Waals surface area contributed by atoms with E-state index in [4.69, 9.17) is 0 Å². The van der Waals surface area contributed by atoms with Gasteiger partial charge in [0, 0.05) is 0 Å². The molecule has 12 heavy (non-hydrogen) atoms. The molecule has 0 unspecified atom stereocenters. The van der Waals surface area contributed by atoms with E-state index in [-0.39, 0.29) is 5.82 Å². The maximum absolute atomic E-state index is 12.8. The summed E-state index contributed by atoms with van der Waals surface area (Å²) in [7, 11) is 0. The molecule has 0 heterocycles. The van der Waals surface area contributed by atoms with Gasteiger partial charge in [0.05, 0.1) is 0 Å². The molecule has 0 aliphatic heterocycles.